The molecule has 0 saturated carbocycles. The molecule has 0 bridgehead atoms. The molecule has 0 aromatic carbocycles. The number of carbonyl (C=O) groups is 2. The Morgan fingerprint density at radius 3 is 2.27 bits per heavy atom. The smallest absolute Gasteiger partial charge is 0.307 e. The zero-order valence-electron chi connectivity index (χ0n) is 9.15. The van der Waals surface area contributed by atoms with Crippen molar-refractivity contribution in [2.45, 2.75) is 33.2 Å². The molecule has 0 aliphatic carbocycles. The highest BCUT2D eigenvalue weighted by Gasteiger charge is 2.26. The predicted molar refractivity (Wildman–Crippen MR) is 53.8 cm³/mol. The molecule has 0 spiro atoms. The zero-order valence-corrected chi connectivity index (χ0v) is 9.15. The topological polar surface area (TPSA) is 90.2 Å². The first kappa shape index (κ1) is 13.4. The highest BCUT2D eigenvalue weighted by atomic mass is 16.4. The summed E-state index contributed by atoms with van der Waals surface area (Å²) in [5.41, 5.74) is 0. The molecule has 1 amide bonds. The van der Waals surface area contributed by atoms with E-state index in [-0.39, 0.29) is 18.4 Å². The summed E-state index contributed by atoms with van der Waals surface area (Å²) >= 11 is 0. The number of rotatable bonds is 5. The molecule has 15 heavy (non-hydrogen) atoms. The van der Waals surface area contributed by atoms with Crippen LogP contribution in [-0.4, -0.2) is 23.0 Å². The zero-order chi connectivity index (χ0) is 12.0. The van der Waals surface area contributed by atoms with Crippen molar-refractivity contribution in [3.8, 4) is 6.07 Å². The van der Waals surface area contributed by atoms with Crippen molar-refractivity contribution in [3.05, 3.63) is 0 Å². The molecule has 0 radical (unpaired) electrons. The Morgan fingerprint density at radius 1 is 1.33 bits per heavy atom. The molecule has 84 valence electrons. The Morgan fingerprint density at radius 2 is 1.87 bits per heavy atom. The normalized spacial score (nSPS) is 15.9. The minimum Gasteiger partial charge on any atom is -0.481 e. The van der Waals surface area contributed by atoms with E-state index in [1.54, 1.807) is 13.8 Å². The van der Waals surface area contributed by atoms with Crippen LogP contribution in [0, 0.1) is 23.2 Å². The molecule has 0 saturated heterocycles. The van der Waals surface area contributed by atoms with Crippen LogP contribution < -0.4 is 5.32 Å². The first-order chi connectivity index (χ1) is 6.90. The van der Waals surface area contributed by atoms with E-state index in [4.69, 9.17) is 10.4 Å². The Hall–Kier alpha value is -1.57. The number of carbonyl (C=O) groups excluding carboxylic acids is 1. The standard InChI is InChI=1S/C10H16N2O3/c1-6(4-5-11)12-9(13)7(2)8(3)10(14)15/h6-8H,4H2,1-3H3,(H,12,13)(H,14,15). The van der Waals surface area contributed by atoms with Crippen molar-refractivity contribution < 1.29 is 14.7 Å². The molecule has 0 rings (SSSR count). The number of hydrogen-bond donors (Lipinski definition) is 2. The number of aliphatic carboxylic acids is 1. The van der Waals surface area contributed by atoms with Crippen LogP contribution in [0.3, 0.4) is 0 Å². The second kappa shape index (κ2) is 6.02. The van der Waals surface area contributed by atoms with Crippen molar-refractivity contribution in [1.29, 1.82) is 5.26 Å². The summed E-state index contributed by atoms with van der Waals surface area (Å²) in [6.07, 6.45) is 0.222. The number of nitriles is 1. The van der Waals surface area contributed by atoms with Crippen molar-refractivity contribution >= 4 is 11.9 Å². The summed E-state index contributed by atoms with van der Waals surface area (Å²) in [4.78, 5) is 22.1. The molecule has 0 heterocycles. The Kier molecular flexibility index (Phi) is 5.39. The minimum atomic E-state index is -0.995. The third kappa shape index (κ3) is 4.45. The van der Waals surface area contributed by atoms with E-state index in [1.807, 2.05) is 6.07 Å². The molecule has 0 aliphatic heterocycles. The Labute approximate surface area is 89.1 Å². The first-order valence-electron chi connectivity index (χ1n) is 4.80. The number of hydrogen-bond acceptors (Lipinski definition) is 3. The fraction of sp³-hybridized carbons (Fsp3) is 0.700. The van der Waals surface area contributed by atoms with Gasteiger partial charge in [-0.05, 0) is 6.92 Å². The number of carboxylic acid groups (broad SMARTS) is 1. The van der Waals surface area contributed by atoms with Crippen LogP contribution >= 0.6 is 0 Å². The van der Waals surface area contributed by atoms with Gasteiger partial charge < -0.3 is 10.4 Å². The van der Waals surface area contributed by atoms with Gasteiger partial charge in [0.2, 0.25) is 5.91 Å². The van der Waals surface area contributed by atoms with Gasteiger partial charge in [0, 0.05) is 12.0 Å². The van der Waals surface area contributed by atoms with Gasteiger partial charge in [0.15, 0.2) is 0 Å². The van der Waals surface area contributed by atoms with E-state index >= 15 is 0 Å². The van der Waals surface area contributed by atoms with Crippen LogP contribution in [0.25, 0.3) is 0 Å². The lowest BCUT2D eigenvalue weighted by atomic mass is 9.95. The van der Waals surface area contributed by atoms with E-state index in [9.17, 15) is 9.59 Å². The third-order valence-corrected chi connectivity index (χ3v) is 2.34. The maximum absolute atomic E-state index is 11.5. The van der Waals surface area contributed by atoms with Crippen molar-refractivity contribution in [1.82, 2.24) is 5.32 Å². The number of nitrogens with zero attached hydrogens (tertiary/aromatic N) is 1. The van der Waals surface area contributed by atoms with E-state index < -0.39 is 17.8 Å². The lowest BCUT2D eigenvalue weighted by Crippen LogP contribution is -2.39. The monoisotopic (exact) mass is 212 g/mol. The van der Waals surface area contributed by atoms with Crippen LogP contribution in [0.1, 0.15) is 27.2 Å². The van der Waals surface area contributed by atoms with Gasteiger partial charge in [0.05, 0.1) is 18.4 Å². The molecule has 5 nitrogen and oxygen atoms in total. The van der Waals surface area contributed by atoms with Crippen molar-refractivity contribution in [2.75, 3.05) is 0 Å². The summed E-state index contributed by atoms with van der Waals surface area (Å²) in [5, 5.41) is 19.7. The molecule has 5 heteroatoms. The van der Waals surface area contributed by atoms with Gasteiger partial charge in [0.1, 0.15) is 0 Å². The fourth-order valence-corrected chi connectivity index (χ4v) is 1.00. The van der Waals surface area contributed by atoms with Gasteiger partial charge in [-0.2, -0.15) is 5.26 Å². The maximum atomic E-state index is 11.5. The largest absolute Gasteiger partial charge is 0.481 e. The maximum Gasteiger partial charge on any atom is 0.307 e. The molecular formula is C10H16N2O3. The van der Waals surface area contributed by atoms with Crippen molar-refractivity contribution in [2.24, 2.45) is 11.8 Å². The van der Waals surface area contributed by atoms with E-state index in [0.717, 1.165) is 0 Å². The summed E-state index contributed by atoms with van der Waals surface area (Å²) < 4.78 is 0. The summed E-state index contributed by atoms with van der Waals surface area (Å²) in [5.74, 6) is -2.64. The fourth-order valence-electron chi connectivity index (χ4n) is 1.00. The van der Waals surface area contributed by atoms with Crippen LogP contribution in [-0.2, 0) is 9.59 Å². The summed E-state index contributed by atoms with van der Waals surface area (Å²) in [6.45, 7) is 4.76. The Balaban J connectivity index is 4.22. The minimum absolute atomic E-state index is 0.222. The number of amides is 1. The first-order valence-corrected chi connectivity index (χ1v) is 4.80. The predicted octanol–water partition coefficient (Wildman–Crippen LogP) is 0.762. The van der Waals surface area contributed by atoms with Crippen LogP contribution in [0.5, 0.6) is 0 Å². The SMILES string of the molecule is CC(CC#N)NC(=O)C(C)C(C)C(=O)O. The van der Waals surface area contributed by atoms with Crippen LogP contribution in [0.15, 0.2) is 0 Å². The lowest BCUT2D eigenvalue weighted by molar-refractivity contribution is -0.146. The van der Waals surface area contributed by atoms with E-state index in [0.29, 0.717) is 0 Å². The molecule has 0 aromatic rings. The summed E-state index contributed by atoms with van der Waals surface area (Å²) in [6, 6.07) is 1.69. The van der Waals surface area contributed by atoms with Gasteiger partial charge in [-0.15, -0.1) is 0 Å². The molecule has 0 aliphatic rings. The molecule has 2 N–H and O–H groups in total. The quantitative estimate of drug-likeness (QED) is 0.704. The summed E-state index contributed by atoms with van der Waals surface area (Å²) in [7, 11) is 0. The lowest BCUT2D eigenvalue weighted by Gasteiger charge is -2.18. The van der Waals surface area contributed by atoms with Gasteiger partial charge >= 0.3 is 5.97 Å². The third-order valence-electron chi connectivity index (χ3n) is 2.34. The highest BCUT2D eigenvalue weighted by molar-refractivity contribution is 5.84. The molecule has 0 aromatic heterocycles. The van der Waals surface area contributed by atoms with E-state index in [1.165, 1.54) is 6.92 Å². The van der Waals surface area contributed by atoms with Crippen molar-refractivity contribution in [3.63, 3.8) is 0 Å². The molecule has 3 unspecified atom stereocenters. The second-order valence-corrected chi connectivity index (χ2v) is 3.69. The van der Waals surface area contributed by atoms with E-state index in [2.05, 4.69) is 5.32 Å². The van der Waals surface area contributed by atoms with Crippen LogP contribution in [0.4, 0.5) is 0 Å². The van der Waals surface area contributed by atoms with Gasteiger partial charge in [0.25, 0.3) is 0 Å². The molecule has 3 atom stereocenters. The highest BCUT2D eigenvalue weighted by Crippen LogP contribution is 2.11. The molecule has 0 fully saturated rings. The second-order valence-electron chi connectivity index (χ2n) is 3.69. The van der Waals surface area contributed by atoms with Gasteiger partial charge in [-0.25, -0.2) is 0 Å². The number of nitrogens with one attached hydrogen (secondary N) is 1. The van der Waals surface area contributed by atoms with Gasteiger partial charge in [-0.3, -0.25) is 9.59 Å². The van der Waals surface area contributed by atoms with Crippen LogP contribution in [0.2, 0.25) is 0 Å². The molecular weight excluding hydrogens is 196 g/mol. The Bertz CT molecular complexity index is 283. The van der Waals surface area contributed by atoms with Gasteiger partial charge in [-0.1, -0.05) is 13.8 Å². The average Bonchev–Trinajstić information content (AvgIpc) is 2.15. The number of carboxylic acids is 1. The average molecular weight is 212 g/mol.